The van der Waals surface area contributed by atoms with Crippen molar-refractivity contribution in [1.29, 1.82) is 0 Å². The Morgan fingerprint density at radius 3 is 1.23 bits per heavy atom. The summed E-state index contributed by atoms with van der Waals surface area (Å²) in [6, 6.07) is 22.8. The van der Waals surface area contributed by atoms with Gasteiger partial charge in [-0.25, -0.2) is 9.59 Å². The molecular weight excluding hydrogens is 624 g/mol. The highest BCUT2D eigenvalue weighted by atomic mass is 16.6. The summed E-state index contributed by atoms with van der Waals surface area (Å²) < 4.78 is 10.6. The third-order valence-corrected chi connectivity index (χ3v) is 6.90. The maximum Gasteiger partial charge on any atom is 0.338 e. The minimum atomic E-state index is -0.558. The van der Waals surface area contributed by atoms with E-state index in [4.69, 9.17) is 9.47 Å². The Labute approximate surface area is 274 Å². The van der Waals surface area contributed by atoms with Crippen molar-refractivity contribution >= 4 is 46.5 Å². The molecule has 14 nitrogen and oxygen atoms in total. The van der Waals surface area contributed by atoms with Gasteiger partial charge in [-0.05, 0) is 86.3 Å². The quantitative estimate of drug-likeness (QED) is 0.0611. The van der Waals surface area contributed by atoms with Crippen LogP contribution >= 0.6 is 0 Å². The Morgan fingerprint density at radius 2 is 0.875 bits per heavy atom. The molecular formula is C34H30N4O10. The molecule has 0 aliphatic carbocycles. The van der Waals surface area contributed by atoms with Crippen LogP contribution in [0.4, 0.5) is 22.7 Å². The van der Waals surface area contributed by atoms with Crippen LogP contribution in [-0.4, -0.2) is 46.8 Å². The lowest BCUT2D eigenvalue weighted by molar-refractivity contribution is -0.385. The standard InChI is InChI=1S/C34H30N4O10/c39-31(35-27-7-5-9-29(21-27)37(43)44)23-11-15-25(16-12-23)33(41)47-19-3-1-2-4-20-48-34(42)26-17-13-24(14-18-26)32(40)36-28-8-6-10-30(22-28)38(45)46/h5-18,21-22H,1-4,19-20H2,(H,35,39)(H,36,40). The predicted octanol–water partition coefficient (Wildman–Crippen LogP) is 6.58. The number of non-ortho nitro benzene ring substituents is 2. The molecule has 48 heavy (non-hydrogen) atoms. The van der Waals surface area contributed by atoms with E-state index in [0.717, 1.165) is 12.8 Å². The number of nitrogens with one attached hydrogen (secondary N) is 2. The molecule has 0 saturated heterocycles. The number of carbonyl (C=O) groups is 4. The largest absolute Gasteiger partial charge is 0.462 e. The minimum absolute atomic E-state index is 0.151. The fraction of sp³-hybridized carbons (Fsp3) is 0.176. The van der Waals surface area contributed by atoms with Gasteiger partial charge in [-0.1, -0.05) is 12.1 Å². The van der Waals surface area contributed by atoms with Crippen molar-refractivity contribution in [3.8, 4) is 0 Å². The second kappa shape index (κ2) is 16.7. The first-order valence-corrected chi connectivity index (χ1v) is 14.8. The van der Waals surface area contributed by atoms with Crippen LogP contribution in [0.1, 0.15) is 67.1 Å². The van der Waals surface area contributed by atoms with E-state index in [9.17, 15) is 39.4 Å². The molecule has 0 saturated carbocycles. The van der Waals surface area contributed by atoms with E-state index in [2.05, 4.69) is 10.6 Å². The van der Waals surface area contributed by atoms with Crippen LogP contribution in [0.25, 0.3) is 0 Å². The minimum Gasteiger partial charge on any atom is -0.462 e. The van der Waals surface area contributed by atoms with Crippen LogP contribution in [0.2, 0.25) is 0 Å². The average Bonchev–Trinajstić information content (AvgIpc) is 3.09. The summed E-state index contributed by atoms with van der Waals surface area (Å²) in [4.78, 5) is 70.3. The van der Waals surface area contributed by atoms with Gasteiger partial charge in [0.1, 0.15) is 0 Å². The second-order valence-electron chi connectivity index (χ2n) is 10.4. The van der Waals surface area contributed by atoms with E-state index < -0.39 is 33.6 Å². The molecule has 0 aliphatic rings. The molecule has 4 rings (SSSR count). The van der Waals surface area contributed by atoms with Crippen LogP contribution in [-0.2, 0) is 9.47 Å². The maximum absolute atomic E-state index is 12.5. The van der Waals surface area contributed by atoms with E-state index in [1.54, 1.807) is 0 Å². The zero-order chi connectivity index (χ0) is 34.5. The normalized spacial score (nSPS) is 10.4. The molecule has 0 atom stereocenters. The number of ether oxygens (including phenoxy) is 2. The monoisotopic (exact) mass is 654 g/mol. The molecule has 0 fully saturated rings. The zero-order valence-electron chi connectivity index (χ0n) is 25.5. The van der Waals surface area contributed by atoms with Crippen molar-refractivity contribution in [3.05, 3.63) is 140 Å². The number of hydrogen-bond donors (Lipinski definition) is 2. The third-order valence-electron chi connectivity index (χ3n) is 6.90. The van der Waals surface area contributed by atoms with Gasteiger partial charge in [-0.15, -0.1) is 0 Å². The second-order valence-corrected chi connectivity index (χ2v) is 10.4. The van der Waals surface area contributed by atoms with Crippen molar-refractivity contribution in [2.24, 2.45) is 0 Å². The van der Waals surface area contributed by atoms with Crippen molar-refractivity contribution in [2.45, 2.75) is 25.7 Å². The molecule has 0 heterocycles. The Kier molecular flexibility index (Phi) is 12.0. The SMILES string of the molecule is O=C(Nc1cccc([N+](=O)[O-])c1)c1ccc(C(=O)OCCCCCCOC(=O)c2ccc(C(=O)Nc3cccc([N+](=O)[O-])c3)cc2)cc1. The van der Waals surface area contributed by atoms with Crippen molar-refractivity contribution in [3.63, 3.8) is 0 Å². The van der Waals surface area contributed by atoms with Gasteiger partial charge in [0.15, 0.2) is 0 Å². The van der Waals surface area contributed by atoms with E-state index in [0.29, 0.717) is 12.8 Å². The summed E-state index contributed by atoms with van der Waals surface area (Å²) in [5, 5.41) is 27.0. The Balaban J connectivity index is 1.09. The third kappa shape index (κ3) is 10.0. The molecule has 14 heteroatoms. The number of rotatable bonds is 15. The molecule has 246 valence electrons. The Hall–Kier alpha value is -6.44. The van der Waals surface area contributed by atoms with Gasteiger partial charge in [-0.2, -0.15) is 0 Å². The van der Waals surface area contributed by atoms with Crippen LogP contribution in [0.5, 0.6) is 0 Å². The van der Waals surface area contributed by atoms with Crippen LogP contribution < -0.4 is 10.6 Å². The molecule has 2 N–H and O–H groups in total. The number of nitrogens with zero attached hydrogens (tertiary/aromatic N) is 2. The summed E-state index contributed by atoms with van der Waals surface area (Å²) in [7, 11) is 0. The van der Waals surface area contributed by atoms with E-state index in [1.807, 2.05) is 0 Å². The molecule has 0 aliphatic heterocycles. The van der Waals surface area contributed by atoms with E-state index in [1.165, 1.54) is 97.1 Å². The number of unbranched alkanes of at least 4 members (excludes halogenated alkanes) is 3. The Bertz CT molecular complexity index is 1670. The Morgan fingerprint density at radius 1 is 0.521 bits per heavy atom. The summed E-state index contributed by atoms with van der Waals surface area (Å²) in [5.41, 5.74) is 1.30. The zero-order valence-corrected chi connectivity index (χ0v) is 25.5. The fourth-order valence-electron chi connectivity index (χ4n) is 4.37. The first-order chi connectivity index (χ1) is 23.1. The highest BCUT2D eigenvalue weighted by Gasteiger charge is 2.14. The number of benzene rings is 4. The van der Waals surface area contributed by atoms with Crippen LogP contribution in [0.3, 0.4) is 0 Å². The maximum atomic E-state index is 12.5. The van der Waals surface area contributed by atoms with Crippen molar-refractivity contribution < 1.29 is 38.5 Å². The number of carbonyl (C=O) groups excluding carboxylic acids is 4. The summed E-state index contributed by atoms with van der Waals surface area (Å²) >= 11 is 0. The lowest BCUT2D eigenvalue weighted by Gasteiger charge is -2.08. The van der Waals surface area contributed by atoms with E-state index in [-0.39, 0.29) is 58.2 Å². The molecule has 0 spiro atoms. The summed E-state index contributed by atoms with van der Waals surface area (Å²) in [5.74, 6) is -2.05. The number of hydrogen-bond acceptors (Lipinski definition) is 10. The molecule has 2 amide bonds. The van der Waals surface area contributed by atoms with Crippen LogP contribution in [0.15, 0.2) is 97.1 Å². The lowest BCUT2D eigenvalue weighted by atomic mass is 10.1. The number of anilines is 2. The van der Waals surface area contributed by atoms with Gasteiger partial charge in [0.25, 0.3) is 23.2 Å². The highest BCUT2D eigenvalue weighted by Crippen LogP contribution is 2.19. The van der Waals surface area contributed by atoms with Gasteiger partial charge in [-0.3, -0.25) is 29.8 Å². The molecule has 0 unspecified atom stereocenters. The predicted molar refractivity (Wildman–Crippen MR) is 174 cm³/mol. The first kappa shape index (κ1) is 34.4. The van der Waals surface area contributed by atoms with Crippen LogP contribution in [0, 0.1) is 20.2 Å². The molecule has 0 bridgehead atoms. The lowest BCUT2D eigenvalue weighted by Crippen LogP contribution is -2.13. The van der Waals surface area contributed by atoms with Gasteiger partial charge < -0.3 is 20.1 Å². The molecule has 0 aromatic heterocycles. The van der Waals surface area contributed by atoms with Gasteiger partial charge in [0.05, 0.1) is 34.2 Å². The van der Waals surface area contributed by atoms with Gasteiger partial charge >= 0.3 is 11.9 Å². The highest BCUT2D eigenvalue weighted by molar-refractivity contribution is 6.05. The van der Waals surface area contributed by atoms with Crippen molar-refractivity contribution in [1.82, 2.24) is 0 Å². The van der Waals surface area contributed by atoms with Gasteiger partial charge in [0.2, 0.25) is 0 Å². The number of amides is 2. The molecule has 4 aromatic carbocycles. The molecule has 0 radical (unpaired) electrons. The fourth-order valence-corrected chi connectivity index (χ4v) is 4.37. The topological polar surface area (TPSA) is 197 Å². The number of esters is 2. The summed E-state index contributed by atoms with van der Waals surface area (Å²) in [6.45, 7) is 0.378. The van der Waals surface area contributed by atoms with Crippen molar-refractivity contribution in [2.75, 3.05) is 23.8 Å². The van der Waals surface area contributed by atoms with E-state index >= 15 is 0 Å². The average molecular weight is 655 g/mol. The summed E-state index contributed by atoms with van der Waals surface area (Å²) in [6.07, 6.45) is 2.67. The number of nitro groups is 2. The first-order valence-electron chi connectivity index (χ1n) is 14.8. The smallest absolute Gasteiger partial charge is 0.338 e. The van der Waals surface area contributed by atoms with Gasteiger partial charge in [0, 0.05) is 46.8 Å². The number of nitro benzene ring substituents is 2. The molecule has 4 aromatic rings.